The van der Waals surface area contributed by atoms with Crippen LogP contribution in [0.1, 0.15) is 0 Å². The third kappa shape index (κ3) is 5.80. The minimum Gasteiger partial charge on any atom is -0.743 e. The maximum atomic E-state index is 10.3. The van der Waals surface area contributed by atoms with Crippen molar-refractivity contribution in [2.45, 2.75) is 0 Å². The Morgan fingerprint density at radius 1 is 0.929 bits per heavy atom. The van der Waals surface area contributed by atoms with Crippen LogP contribution in [-0.4, -0.2) is 13.0 Å². The first kappa shape index (κ1) is 18.2. The molecule has 0 unspecified atom stereocenters. The van der Waals surface area contributed by atoms with Crippen molar-refractivity contribution in [3.05, 3.63) is 18.9 Å². The Bertz CT molecular complexity index is 368. The van der Waals surface area contributed by atoms with Crippen LogP contribution in [-0.2, 0) is 10.1 Å². The van der Waals surface area contributed by atoms with Gasteiger partial charge in [-0.1, -0.05) is 58.0 Å². The van der Waals surface area contributed by atoms with Crippen molar-refractivity contribution in [3.63, 3.8) is 0 Å². The van der Waals surface area contributed by atoms with Gasteiger partial charge in [-0.2, -0.15) is 0 Å². The normalized spacial score (nSPS) is 12.7. The van der Waals surface area contributed by atoms with E-state index in [0.717, 1.165) is 0 Å². The number of rotatable bonds is 2. The van der Waals surface area contributed by atoms with Crippen LogP contribution in [0.3, 0.4) is 0 Å². The second-order valence-corrected chi connectivity index (χ2v) is 5.24. The van der Waals surface area contributed by atoms with Gasteiger partial charge in [0.2, 0.25) is 0 Å². The fourth-order valence-electron chi connectivity index (χ4n) is 0.279. The van der Waals surface area contributed by atoms with Crippen LogP contribution in [0.4, 0.5) is 0 Å². The van der Waals surface area contributed by atoms with Crippen molar-refractivity contribution in [2.24, 2.45) is 0 Å². The Hall–Kier alpha value is 1.84. The van der Waals surface area contributed by atoms with Gasteiger partial charge < -0.3 is 4.55 Å². The maximum Gasteiger partial charge on any atom is 1.00 e. The van der Waals surface area contributed by atoms with Crippen molar-refractivity contribution in [1.29, 1.82) is 0 Å². The van der Waals surface area contributed by atoms with Gasteiger partial charge in [-0.25, -0.2) is 8.42 Å². The smallest absolute Gasteiger partial charge is 0.743 e. The zero-order valence-electron chi connectivity index (χ0n) is 6.52. The molecule has 0 fully saturated rings. The predicted molar refractivity (Wildman–Crippen MR) is 53.0 cm³/mol. The summed E-state index contributed by atoms with van der Waals surface area (Å²) in [6.45, 7) is 0. The van der Waals surface area contributed by atoms with Crippen molar-refractivity contribution >= 4 is 68.1 Å². The van der Waals surface area contributed by atoms with Gasteiger partial charge in [-0.05, 0) is 0 Å². The van der Waals surface area contributed by atoms with Crippen molar-refractivity contribution in [3.8, 4) is 0 Å². The van der Waals surface area contributed by atoms with E-state index in [0.29, 0.717) is 0 Å². The zero-order chi connectivity index (χ0) is 10.8. The van der Waals surface area contributed by atoms with E-state index in [2.05, 4.69) is 0 Å². The fourth-order valence-corrected chi connectivity index (χ4v) is 1.56. The standard InChI is InChI=1S/C4HCl5O3S.Na/c5-1(3(7)8)2(6)4(9)13(10,11)12;/h(H,10,11,12);/q;+1/p-1. The third-order valence-corrected chi connectivity index (χ3v) is 3.78. The van der Waals surface area contributed by atoms with E-state index in [1.54, 1.807) is 0 Å². The first-order valence-electron chi connectivity index (χ1n) is 2.40. The van der Waals surface area contributed by atoms with E-state index in [1.807, 2.05) is 0 Å². The van der Waals surface area contributed by atoms with Crippen LogP contribution in [0.15, 0.2) is 18.9 Å². The molecule has 76 valence electrons. The summed E-state index contributed by atoms with van der Waals surface area (Å²) in [6.07, 6.45) is 0. The third-order valence-electron chi connectivity index (χ3n) is 0.751. The van der Waals surface area contributed by atoms with Crippen LogP contribution in [0.5, 0.6) is 0 Å². The van der Waals surface area contributed by atoms with Crippen molar-refractivity contribution in [2.75, 3.05) is 0 Å². The average molecular weight is 328 g/mol. The van der Waals surface area contributed by atoms with E-state index >= 15 is 0 Å². The number of hydrogen-bond acceptors (Lipinski definition) is 3. The molecule has 10 heteroatoms. The molecule has 0 N–H and O–H groups in total. The Balaban J connectivity index is 0. The molecule has 0 aromatic carbocycles. The van der Waals surface area contributed by atoms with E-state index in [1.165, 1.54) is 0 Å². The Kier molecular flexibility index (Phi) is 9.39. The van der Waals surface area contributed by atoms with Crippen molar-refractivity contribution < 1.29 is 42.5 Å². The molecule has 3 nitrogen and oxygen atoms in total. The molecule has 0 radical (unpaired) electrons. The maximum absolute atomic E-state index is 10.3. The quantitative estimate of drug-likeness (QED) is 0.409. The fraction of sp³-hybridized carbons (Fsp3) is 0. The summed E-state index contributed by atoms with van der Waals surface area (Å²) < 4.78 is 29.3. The minimum atomic E-state index is -4.85. The van der Waals surface area contributed by atoms with Crippen LogP contribution in [0.2, 0.25) is 0 Å². The summed E-state index contributed by atoms with van der Waals surface area (Å²) >= 11 is 25.9. The Morgan fingerprint density at radius 3 is 1.50 bits per heavy atom. The molecule has 0 bridgehead atoms. The molecule has 0 aliphatic rings. The second kappa shape index (κ2) is 7.22. The van der Waals surface area contributed by atoms with E-state index in [4.69, 9.17) is 58.0 Å². The molecule has 0 rings (SSSR count). The van der Waals surface area contributed by atoms with E-state index < -0.39 is 29.0 Å². The van der Waals surface area contributed by atoms with Gasteiger partial charge in [-0.15, -0.1) is 0 Å². The molecule has 0 aliphatic heterocycles. The molecule has 0 aliphatic carbocycles. The Morgan fingerprint density at radius 2 is 1.29 bits per heavy atom. The molecule has 0 amide bonds. The average Bonchev–Trinajstić information content (AvgIpc) is 1.98. The van der Waals surface area contributed by atoms with E-state index in [-0.39, 0.29) is 29.6 Å². The first-order valence-corrected chi connectivity index (χ1v) is 5.70. The molecule has 0 atom stereocenters. The van der Waals surface area contributed by atoms with Gasteiger partial charge in [0, 0.05) is 0 Å². The molecule has 0 spiro atoms. The summed E-state index contributed by atoms with van der Waals surface area (Å²) in [5.41, 5.74) is 0. The molecule has 0 aromatic rings. The molecular formula is C4Cl5NaO3S. The van der Waals surface area contributed by atoms with Crippen LogP contribution in [0.25, 0.3) is 0 Å². The Labute approximate surface area is 128 Å². The monoisotopic (exact) mass is 326 g/mol. The van der Waals surface area contributed by atoms with Gasteiger partial charge >= 0.3 is 29.6 Å². The summed E-state index contributed by atoms with van der Waals surface area (Å²) in [6, 6.07) is 0. The molecule has 0 saturated carbocycles. The first-order chi connectivity index (χ1) is 5.68. The van der Waals surface area contributed by atoms with Gasteiger partial charge in [0.15, 0.2) is 0 Å². The van der Waals surface area contributed by atoms with Gasteiger partial charge in [0.25, 0.3) is 0 Å². The number of allylic oxidation sites excluding steroid dienone is 2. The molecule has 0 saturated heterocycles. The summed E-state index contributed by atoms with van der Waals surface area (Å²) in [7, 11) is -4.85. The molecule has 14 heavy (non-hydrogen) atoms. The van der Waals surface area contributed by atoms with Gasteiger partial charge in [0.05, 0.1) is 10.1 Å². The van der Waals surface area contributed by atoms with Gasteiger partial charge in [-0.3, -0.25) is 0 Å². The molecule has 0 aromatic heterocycles. The summed E-state index contributed by atoms with van der Waals surface area (Å²) in [5, 5.41) is -1.22. The number of hydrogen-bond donors (Lipinski definition) is 0. The topological polar surface area (TPSA) is 57.2 Å². The number of halogens is 5. The second-order valence-electron chi connectivity index (χ2n) is 1.62. The van der Waals surface area contributed by atoms with Crippen LogP contribution >= 0.6 is 58.0 Å². The molecule has 0 heterocycles. The minimum absolute atomic E-state index is 0. The van der Waals surface area contributed by atoms with E-state index in [9.17, 15) is 13.0 Å². The SMILES string of the molecule is O=S(=O)([O-])C(Cl)=C(Cl)C(Cl)=C(Cl)Cl.[Na+]. The summed E-state index contributed by atoms with van der Waals surface area (Å²) in [4.78, 5) is 0. The van der Waals surface area contributed by atoms with Gasteiger partial charge in [0.1, 0.15) is 19.0 Å². The predicted octanol–water partition coefficient (Wildman–Crippen LogP) is 0.0678. The summed E-state index contributed by atoms with van der Waals surface area (Å²) in [5.74, 6) is 0. The molecular weight excluding hydrogens is 328 g/mol. The zero-order valence-corrected chi connectivity index (χ0v) is 13.1. The largest absolute Gasteiger partial charge is 1.00 e. The van der Waals surface area contributed by atoms with Crippen molar-refractivity contribution in [1.82, 2.24) is 0 Å². The van der Waals surface area contributed by atoms with Crippen LogP contribution in [0, 0.1) is 0 Å². The van der Waals surface area contributed by atoms with Crippen LogP contribution < -0.4 is 29.6 Å².